The van der Waals surface area contributed by atoms with Crippen molar-refractivity contribution in [3.63, 3.8) is 0 Å². The normalized spacial score (nSPS) is 12.6. The minimum atomic E-state index is -3.08. The first-order chi connectivity index (χ1) is 17.0. The molecule has 0 saturated heterocycles. The standard InChI is InChI=1S/C25H18ClF4N5O/c1-25(2,36)24-33-9-12(10-34-24)14-7-16-20(8-19(14)28)32-11-17(26)21(16)35-22(23(29)30)15-6-13(31-3)4-5-18(15)27/h4-11,22-23,36H,1-2H3,(H,32,35)/t22-/m0/s1. The van der Waals surface area contributed by atoms with Crippen LogP contribution < -0.4 is 5.32 Å². The molecule has 0 fully saturated rings. The molecule has 0 aliphatic heterocycles. The van der Waals surface area contributed by atoms with Crippen LogP contribution in [-0.2, 0) is 5.60 Å². The molecule has 0 spiro atoms. The Hall–Kier alpha value is -3.81. The third-order valence-electron chi connectivity index (χ3n) is 5.42. The van der Waals surface area contributed by atoms with Gasteiger partial charge in [-0.25, -0.2) is 32.4 Å². The van der Waals surface area contributed by atoms with Gasteiger partial charge in [-0.2, -0.15) is 0 Å². The predicted molar refractivity (Wildman–Crippen MR) is 128 cm³/mol. The van der Waals surface area contributed by atoms with Crippen molar-refractivity contribution >= 4 is 33.9 Å². The highest BCUT2D eigenvalue weighted by atomic mass is 35.5. The summed E-state index contributed by atoms with van der Waals surface area (Å²) >= 11 is 6.29. The smallest absolute Gasteiger partial charge is 0.262 e. The predicted octanol–water partition coefficient (Wildman–Crippen LogP) is 6.82. The number of hydrogen-bond donors (Lipinski definition) is 2. The third kappa shape index (κ3) is 4.94. The van der Waals surface area contributed by atoms with Crippen molar-refractivity contribution in [2.75, 3.05) is 5.32 Å². The molecule has 0 aliphatic rings. The molecule has 0 bridgehead atoms. The first-order valence-electron chi connectivity index (χ1n) is 10.5. The number of aromatic nitrogens is 3. The third-order valence-corrected chi connectivity index (χ3v) is 5.70. The molecule has 0 saturated carbocycles. The zero-order valence-electron chi connectivity index (χ0n) is 18.9. The Labute approximate surface area is 208 Å². The fourth-order valence-corrected chi connectivity index (χ4v) is 3.82. The molecule has 184 valence electrons. The highest BCUT2D eigenvalue weighted by molar-refractivity contribution is 6.34. The largest absolute Gasteiger partial charge is 0.382 e. The van der Waals surface area contributed by atoms with E-state index < -0.39 is 35.3 Å². The van der Waals surface area contributed by atoms with Gasteiger partial charge in [0.2, 0.25) is 0 Å². The summed E-state index contributed by atoms with van der Waals surface area (Å²) in [6.07, 6.45) is 0.731. The number of nitrogens with one attached hydrogen (secondary N) is 1. The number of anilines is 1. The second-order valence-corrected chi connectivity index (χ2v) is 8.87. The SMILES string of the molecule is [C-]#[N+]c1ccc(F)c([C@H](Nc2c(Cl)cnc3cc(F)c(-c4cnc(C(C)(C)O)nc4)cc23)C(F)F)c1. The Morgan fingerprint density at radius 2 is 1.72 bits per heavy atom. The van der Waals surface area contributed by atoms with Crippen LogP contribution in [0, 0.1) is 18.2 Å². The molecule has 0 unspecified atom stereocenters. The number of nitrogens with zero attached hydrogens (tertiary/aromatic N) is 4. The van der Waals surface area contributed by atoms with Crippen LogP contribution in [0.15, 0.2) is 48.9 Å². The van der Waals surface area contributed by atoms with Gasteiger partial charge < -0.3 is 10.4 Å². The number of rotatable bonds is 6. The van der Waals surface area contributed by atoms with Gasteiger partial charge in [0, 0.05) is 46.7 Å². The van der Waals surface area contributed by atoms with Crippen molar-refractivity contribution in [2.45, 2.75) is 31.9 Å². The number of alkyl halides is 2. The van der Waals surface area contributed by atoms with E-state index in [0.29, 0.717) is 0 Å². The first kappa shape index (κ1) is 25.3. The van der Waals surface area contributed by atoms with Gasteiger partial charge in [-0.1, -0.05) is 17.7 Å². The van der Waals surface area contributed by atoms with E-state index in [2.05, 4.69) is 25.1 Å². The second kappa shape index (κ2) is 9.68. The first-order valence-corrected chi connectivity index (χ1v) is 10.9. The van der Waals surface area contributed by atoms with Gasteiger partial charge >= 0.3 is 0 Å². The maximum absolute atomic E-state index is 15.0. The van der Waals surface area contributed by atoms with E-state index >= 15 is 0 Å². The van der Waals surface area contributed by atoms with Crippen LogP contribution in [0.3, 0.4) is 0 Å². The van der Waals surface area contributed by atoms with E-state index in [0.717, 1.165) is 18.2 Å². The zero-order chi connectivity index (χ0) is 26.2. The van der Waals surface area contributed by atoms with Gasteiger partial charge in [0.05, 0.1) is 22.8 Å². The molecule has 11 heteroatoms. The molecule has 0 aliphatic carbocycles. The lowest BCUT2D eigenvalue weighted by Gasteiger charge is -2.22. The quantitative estimate of drug-likeness (QED) is 0.218. The molecule has 0 amide bonds. The number of benzene rings is 2. The van der Waals surface area contributed by atoms with Crippen LogP contribution in [0.4, 0.5) is 28.9 Å². The lowest BCUT2D eigenvalue weighted by Crippen LogP contribution is -2.20. The Morgan fingerprint density at radius 3 is 2.33 bits per heavy atom. The van der Waals surface area contributed by atoms with E-state index in [1.165, 1.54) is 44.6 Å². The maximum Gasteiger partial charge on any atom is 0.262 e. The van der Waals surface area contributed by atoms with Crippen molar-refractivity contribution in [3.05, 3.63) is 88.4 Å². The lowest BCUT2D eigenvalue weighted by atomic mass is 10.0. The van der Waals surface area contributed by atoms with Crippen LogP contribution >= 0.6 is 11.6 Å². The topological polar surface area (TPSA) is 75.3 Å². The summed E-state index contributed by atoms with van der Waals surface area (Å²) in [4.78, 5) is 15.4. The zero-order valence-corrected chi connectivity index (χ0v) is 19.7. The van der Waals surface area contributed by atoms with Crippen LogP contribution in [0.2, 0.25) is 5.02 Å². The van der Waals surface area contributed by atoms with Gasteiger partial charge in [0.25, 0.3) is 6.43 Å². The van der Waals surface area contributed by atoms with Crippen molar-refractivity contribution < 1.29 is 22.7 Å². The molecule has 36 heavy (non-hydrogen) atoms. The summed E-state index contributed by atoms with van der Waals surface area (Å²) in [5, 5.41) is 12.8. The molecular weight excluding hydrogens is 498 g/mol. The van der Waals surface area contributed by atoms with Crippen molar-refractivity contribution in [1.82, 2.24) is 15.0 Å². The molecular formula is C25H18ClF4N5O. The van der Waals surface area contributed by atoms with Gasteiger partial charge in [-0.15, -0.1) is 0 Å². The lowest BCUT2D eigenvalue weighted by molar-refractivity contribution is 0.0687. The number of fused-ring (bicyclic) bond motifs is 1. The van der Waals surface area contributed by atoms with Gasteiger partial charge in [0.15, 0.2) is 11.5 Å². The summed E-state index contributed by atoms with van der Waals surface area (Å²) in [7, 11) is 0. The average molecular weight is 516 g/mol. The van der Waals surface area contributed by atoms with Crippen molar-refractivity contribution in [1.29, 1.82) is 0 Å². The minimum absolute atomic E-state index is 0.0107. The van der Waals surface area contributed by atoms with Crippen LogP contribution in [0.25, 0.3) is 26.9 Å². The molecule has 2 aromatic heterocycles. The minimum Gasteiger partial charge on any atom is -0.382 e. The Morgan fingerprint density at radius 1 is 1.03 bits per heavy atom. The van der Waals surface area contributed by atoms with E-state index in [1.54, 1.807) is 0 Å². The van der Waals surface area contributed by atoms with E-state index in [9.17, 15) is 22.7 Å². The molecule has 2 heterocycles. The highest BCUT2D eigenvalue weighted by Gasteiger charge is 2.28. The van der Waals surface area contributed by atoms with E-state index in [1.807, 2.05) is 0 Å². The number of halogens is 5. The average Bonchev–Trinajstić information content (AvgIpc) is 2.83. The van der Waals surface area contributed by atoms with Crippen LogP contribution in [0.1, 0.15) is 31.3 Å². The number of pyridine rings is 1. The van der Waals surface area contributed by atoms with Gasteiger partial charge in [-0.05, 0) is 32.0 Å². The molecule has 4 rings (SSSR count). The summed E-state index contributed by atoms with van der Waals surface area (Å²) in [5.41, 5.74) is -1.35. The van der Waals surface area contributed by atoms with E-state index in [-0.39, 0.29) is 44.3 Å². The summed E-state index contributed by atoms with van der Waals surface area (Å²) in [6, 6.07) is 3.75. The van der Waals surface area contributed by atoms with Crippen molar-refractivity contribution in [2.24, 2.45) is 0 Å². The Kier molecular flexibility index (Phi) is 6.80. The van der Waals surface area contributed by atoms with Crippen LogP contribution in [-0.4, -0.2) is 26.5 Å². The summed E-state index contributed by atoms with van der Waals surface area (Å²) in [5.74, 6) is -1.47. The summed E-state index contributed by atoms with van der Waals surface area (Å²) < 4.78 is 57.6. The Balaban J connectivity index is 1.84. The fourth-order valence-electron chi connectivity index (χ4n) is 3.61. The Bertz CT molecular complexity index is 1480. The highest BCUT2D eigenvalue weighted by Crippen LogP contribution is 2.38. The summed E-state index contributed by atoms with van der Waals surface area (Å²) in [6.45, 7) is 10.1. The fraction of sp³-hybridized carbons (Fsp3) is 0.200. The number of aliphatic hydroxyl groups is 1. The molecule has 4 aromatic rings. The molecule has 2 N–H and O–H groups in total. The monoisotopic (exact) mass is 515 g/mol. The molecule has 2 aromatic carbocycles. The van der Waals surface area contributed by atoms with Crippen molar-refractivity contribution in [3.8, 4) is 11.1 Å². The number of hydrogen-bond acceptors (Lipinski definition) is 5. The molecule has 6 nitrogen and oxygen atoms in total. The molecule has 1 atom stereocenters. The second-order valence-electron chi connectivity index (χ2n) is 8.46. The van der Waals surface area contributed by atoms with E-state index in [4.69, 9.17) is 18.2 Å². The van der Waals surface area contributed by atoms with Gasteiger partial charge in [0.1, 0.15) is 23.3 Å². The van der Waals surface area contributed by atoms with Gasteiger partial charge in [-0.3, -0.25) is 4.98 Å². The maximum atomic E-state index is 15.0. The van der Waals surface area contributed by atoms with Crippen LogP contribution in [0.5, 0.6) is 0 Å². The molecule has 0 radical (unpaired) electrons.